The second-order valence-corrected chi connectivity index (χ2v) is 5.91. The van der Waals surface area contributed by atoms with Gasteiger partial charge < -0.3 is 16.8 Å². The molecule has 0 radical (unpaired) electrons. The highest BCUT2D eigenvalue weighted by atomic mass is 14.9. The van der Waals surface area contributed by atoms with Crippen molar-refractivity contribution in [3.63, 3.8) is 0 Å². The van der Waals surface area contributed by atoms with Gasteiger partial charge in [0.2, 0.25) is 0 Å². The maximum absolute atomic E-state index is 6.08. The number of hydrogen-bond donors (Lipinski definition) is 3. The molecule has 18 heavy (non-hydrogen) atoms. The lowest BCUT2D eigenvalue weighted by molar-refractivity contribution is 0.441. The Hall–Kier alpha value is -0.540. The van der Waals surface area contributed by atoms with E-state index in [0.29, 0.717) is 12.0 Å². The van der Waals surface area contributed by atoms with Gasteiger partial charge >= 0.3 is 0 Å². The molecule has 1 aliphatic carbocycles. The molecule has 0 saturated heterocycles. The van der Waals surface area contributed by atoms with Gasteiger partial charge in [0, 0.05) is 18.3 Å². The summed E-state index contributed by atoms with van der Waals surface area (Å²) >= 11 is 0. The van der Waals surface area contributed by atoms with Crippen LogP contribution in [-0.4, -0.2) is 19.1 Å². The Kier molecular flexibility index (Phi) is 7.36. The Labute approximate surface area is 112 Å². The van der Waals surface area contributed by atoms with Crippen LogP contribution in [0.2, 0.25) is 0 Å². The third-order valence-electron chi connectivity index (χ3n) is 4.12. The summed E-state index contributed by atoms with van der Waals surface area (Å²) in [4.78, 5) is 0. The zero-order valence-electron chi connectivity index (χ0n) is 12.0. The summed E-state index contributed by atoms with van der Waals surface area (Å²) in [7, 11) is 0. The number of nitrogens with one attached hydrogen (secondary N) is 1. The van der Waals surface area contributed by atoms with Gasteiger partial charge in [-0.15, -0.1) is 0 Å². The second-order valence-electron chi connectivity index (χ2n) is 5.91. The molecule has 1 rings (SSSR count). The maximum atomic E-state index is 6.08. The molecule has 5 N–H and O–H groups in total. The van der Waals surface area contributed by atoms with E-state index in [4.69, 9.17) is 11.5 Å². The Morgan fingerprint density at radius 3 is 2.56 bits per heavy atom. The molecule has 0 heterocycles. The standard InChI is InChI=1S/C15H31N3/c1-12(2)18-8-6-4-3-5-7-13-9-14(11-16)15(17)10-13/h13-15,18H,1,3-11,16-17H2,2H3. The van der Waals surface area contributed by atoms with Gasteiger partial charge in [0.1, 0.15) is 0 Å². The highest BCUT2D eigenvalue weighted by molar-refractivity contribution is 4.86. The summed E-state index contributed by atoms with van der Waals surface area (Å²) in [5.41, 5.74) is 12.9. The molecule has 0 aromatic carbocycles. The van der Waals surface area contributed by atoms with Crippen molar-refractivity contribution in [3.05, 3.63) is 12.3 Å². The predicted octanol–water partition coefficient (Wildman–Crippen LogP) is 2.37. The van der Waals surface area contributed by atoms with Crippen LogP contribution in [0.25, 0.3) is 0 Å². The highest BCUT2D eigenvalue weighted by Crippen LogP contribution is 2.32. The minimum atomic E-state index is 0.361. The first-order valence-electron chi connectivity index (χ1n) is 7.48. The number of rotatable bonds is 9. The summed E-state index contributed by atoms with van der Waals surface area (Å²) in [6.07, 6.45) is 9.06. The normalized spacial score (nSPS) is 27.4. The third-order valence-corrected chi connectivity index (χ3v) is 4.12. The summed E-state index contributed by atoms with van der Waals surface area (Å²) in [6.45, 7) is 7.68. The molecule has 0 aliphatic heterocycles. The quantitative estimate of drug-likeness (QED) is 0.553. The first-order valence-corrected chi connectivity index (χ1v) is 7.48. The molecular formula is C15H31N3. The summed E-state index contributed by atoms with van der Waals surface area (Å²) in [6, 6.07) is 0.361. The SMILES string of the molecule is C=C(C)NCCCCCCC1CC(N)C(CN)C1. The fourth-order valence-electron chi connectivity index (χ4n) is 3.00. The van der Waals surface area contributed by atoms with Crippen molar-refractivity contribution in [2.75, 3.05) is 13.1 Å². The molecule has 3 atom stereocenters. The number of hydrogen-bond acceptors (Lipinski definition) is 3. The van der Waals surface area contributed by atoms with Gasteiger partial charge in [-0.2, -0.15) is 0 Å². The van der Waals surface area contributed by atoms with Gasteiger partial charge in [-0.1, -0.05) is 32.3 Å². The van der Waals surface area contributed by atoms with E-state index >= 15 is 0 Å². The Balaban J connectivity index is 1.94. The van der Waals surface area contributed by atoms with E-state index in [2.05, 4.69) is 11.9 Å². The lowest BCUT2D eigenvalue weighted by Crippen LogP contribution is -2.29. The molecule has 106 valence electrons. The Morgan fingerprint density at radius 1 is 1.22 bits per heavy atom. The van der Waals surface area contributed by atoms with Gasteiger partial charge in [-0.05, 0) is 44.6 Å². The highest BCUT2D eigenvalue weighted by Gasteiger charge is 2.29. The van der Waals surface area contributed by atoms with E-state index < -0.39 is 0 Å². The third kappa shape index (κ3) is 5.87. The minimum absolute atomic E-state index is 0.361. The molecule has 3 heteroatoms. The topological polar surface area (TPSA) is 64.1 Å². The largest absolute Gasteiger partial charge is 0.389 e. The van der Waals surface area contributed by atoms with E-state index in [1.165, 1.54) is 44.9 Å². The molecule has 0 bridgehead atoms. The van der Waals surface area contributed by atoms with Crippen LogP contribution in [-0.2, 0) is 0 Å². The first-order chi connectivity index (χ1) is 8.63. The summed E-state index contributed by atoms with van der Waals surface area (Å²) < 4.78 is 0. The maximum Gasteiger partial charge on any atom is 0.0143 e. The monoisotopic (exact) mass is 253 g/mol. The first kappa shape index (κ1) is 15.5. The van der Waals surface area contributed by atoms with Gasteiger partial charge in [0.15, 0.2) is 0 Å². The van der Waals surface area contributed by atoms with E-state index in [-0.39, 0.29) is 0 Å². The molecule has 3 nitrogen and oxygen atoms in total. The van der Waals surface area contributed by atoms with Crippen LogP contribution in [0, 0.1) is 11.8 Å². The van der Waals surface area contributed by atoms with Crippen molar-refractivity contribution < 1.29 is 0 Å². The van der Waals surface area contributed by atoms with Crippen molar-refractivity contribution in [1.82, 2.24) is 5.32 Å². The van der Waals surface area contributed by atoms with Crippen molar-refractivity contribution in [2.45, 2.75) is 57.9 Å². The van der Waals surface area contributed by atoms with Gasteiger partial charge in [0.25, 0.3) is 0 Å². The van der Waals surface area contributed by atoms with Crippen LogP contribution < -0.4 is 16.8 Å². The van der Waals surface area contributed by atoms with E-state index in [1.807, 2.05) is 6.92 Å². The Bertz CT molecular complexity index is 240. The zero-order valence-corrected chi connectivity index (χ0v) is 12.0. The van der Waals surface area contributed by atoms with Crippen LogP contribution in [0.5, 0.6) is 0 Å². The fourth-order valence-corrected chi connectivity index (χ4v) is 3.00. The average Bonchev–Trinajstić information content (AvgIpc) is 2.68. The van der Waals surface area contributed by atoms with E-state index in [9.17, 15) is 0 Å². The lowest BCUT2D eigenvalue weighted by Gasteiger charge is -2.10. The fraction of sp³-hybridized carbons (Fsp3) is 0.867. The van der Waals surface area contributed by atoms with Crippen molar-refractivity contribution in [2.24, 2.45) is 23.3 Å². The van der Waals surface area contributed by atoms with E-state index in [0.717, 1.165) is 24.7 Å². The van der Waals surface area contributed by atoms with Crippen LogP contribution in [0.15, 0.2) is 12.3 Å². The average molecular weight is 253 g/mol. The van der Waals surface area contributed by atoms with Gasteiger partial charge in [-0.25, -0.2) is 0 Å². The number of unbranched alkanes of at least 4 members (excludes halogenated alkanes) is 3. The van der Waals surface area contributed by atoms with Crippen LogP contribution in [0.1, 0.15) is 51.9 Å². The van der Waals surface area contributed by atoms with Gasteiger partial charge in [0.05, 0.1) is 0 Å². The van der Waals surface area contributed by atoms with Gasteiger partial charge in [-0.3, -0.25) is 0 Å². The molecule has 0 aromatic heterocycles. The zero-order chi connectivity index (χ0) is 13.4. The summed E-state index contributed by atoms with van der Waals surface area (Å²) in [5.74, 6) is 1.41. The lowest BCUT2D eigenvalue weighted by atomic mass is 9.98. The molecule has 0 spiro atoms. The predicted molar refractivity (Wildman–Crippen MR) is 79.1 cm³/mol. The minimum Gasteiger partial charge on any atom is -0.389 e. The molecular weight excluding hydrogens is 222 g/mol. The number of allylic oxidation sites excluding steroid dienone is 1. The molecule has 0 aromatic rings. The molecule has 1 saturated carbocycles. The van der Waals surface area contributed by atoms with Crippen LogP contribution in [0.3, 0.4) is 0 Å². The van der Waals surface area contributed by atoms with Crippen LogP contribution in [0.4, 0.5) is 0 Å². The second kappa shape index (κ2) is 8.54. The van der Waals surface area contributed by atoms with E-state index in [1.54, 1.807) is 0 Å². The summed E-state index contributed by atoms with van der Waals surface area (Å²) in [5, 5.41) is 3.27. The van der Waals surface area contributed by atoms with Crippen molar-refractivity contribution in [1.29, 1.82) is 0 Å². The van der Waals surface area contributed by atoms with Crippen LogP contribution >= 0.6 is 0 Å². The van der Waals surface area contributed by atoms with Crippen molar-refractivity contribution >= 4 is 0 Å². The number of nitrogens with two attached hydrogens (primary N) is 2. The smallest absolute Gasteiger partial charge is 0.0143 e. The molecule has 1 aliphatic rings. The molecule has 0 amide bonds. The van der Waals surface area contributed by atoms with Crippen molar-refractivity contribution in [3.8, 4) is 0 Å². The Morgan fingerprint density at radius 2 is 1.94 bits per heavy atom. The molecule has 1 fully saturated rings. The molecule has 3 unspecified atom stereocenters.